The molecule has 2 rings (SSSR count). The van der Waals surface area contributed by atoms with E-state index in [1.54, 1.807) is 0 Å². The number of amides is 1. The molecule has 1 heterocycles. The number of carbonyl (C=O) groups is 1. The Morgan fingerprint density at radius 2 is 1.77 bits per heavy atom. The van der Waals surface area contributed by atoms with Gasteiger partial charge in [-0.1, -0.05) is 20.8 Å². The zero-order valence-electron chi connectivity index (χ0n) is 12.9. The van der Waals surface area contributed by atoms with E-state index in [1.807, 2.05) is 5.38 Å². The standard InChI is InChI=1S/C15H18N2O3S2/c1-15(2,3)12-9-21-14(16-12)17-13(18)10-5-7-11(8-6-10)22(4,19)20/h5-9H,1-4H3,(H,16,17,18). The summed E-state index contributed by atoms with van der Waals surface area (Å²) < 4.78 is 22.8. The van der Waals surface area contributed by atoms with Crippen molar-refractivity contribution < 1.29 is 13.2 Å². The minimum Gasteiger partial charge on any atom is -0.298 e. The van der Waals surface area contributed by atoms with Crippen LogP contribution in [0.3, 0.4) is 0 Å². The molecule has 0 saturated carbocycles. The molecule has 118 valence electrons. The number of carbonyl (C=O) groups excluding carboxylic acids is 1. The molecular weight excluding hydrogens is 320 g/mol. The normalized spacial score (nSPS) is 12.2. The maximum Gasteiger partial charge on any atom is 0.257 e. The van der Waals surface area contributed by atoms with E-state index in [-0.39, 0.29) is 16.2 Å². The molecule has 22 heavy (non-hydrogen) atoms. The van der Waals surface area contributed by atoms with E-state index >= 15 is 0 Å². The second-order valence-corrected chi connectivity index (χ2v) is 8.91. The zero-order chi connectivity index (χ0) is 16.5. The molecule has 0 aliphatic heterocycles. The van der Waals surface area contributed by atoms with Crippen molar-refractivity contribution >= 4 is 32.2 Å². The summed E-state index contributed by atoms with van der Waals surface area (Å²) in [6.07, 6.45) is 1.13. The summed E-state index contributed by atoms with van der Waals surface area (Å²) in [6, 6.07) is 5.83. The molecule has 1 aromatic heterocycles. The van der Waals surface area contributed by atoms with E-state index in [0.717, 1.165) is 11.9 Å². The summed E-state index contributed by atoms with van der Waals surface area (Å²) in [5.74, 6) is -0.310. The quantitative estimate of drug-likeness (QED) is 0.933. The Morgan fingerprint density at radius 3 is 2.23 bits per heavy atom. The van der Waals surface area contributed by atoms with Gasteiger partial charge in [-0.3, -0.25) is 10.1 Å². The molecule has 0 radical (unpaired) electrons. The molecule has 1 N–H and O–H groups in total. The molecule has 7 heteroatoms. The third-order valence-electron chi connectivity index (χ3n) is 3.04. The van der Waals surface area contributed by atoms with E-state index in [2.05, 4.69) is 31.1 Å². The molecule has 0 atom stereocenters. The number of sulfone groups is 1. The molecule has 0 fully saturated rings. The largest absolute Gasteiger partial charge is 0.298 e. The lowest BCUT2D eigenvalue weighted by Crippen LogP contribution is -2.14. The van der Waals surface area contributed by atoms with Crippen LogP contribution in [0.5, 0.6) is 0 Å². The van der Waals surface area contributed by atoms with Crippen LogP contribution in [0.2, 0.25) is 0 Å². The van der Waals surface area contributed by atoms with Gasteiger partial charge in [0.1, 0.15) is 0 Å². The molecule has 1 aromatic carbocycles. The highest BCUT2D eigenvalue weighted by molar-refractivity contribution is 7.90. The van der Waals surface area contributed by atoms with Crippen molar-refractivity contribution in [1.29, 1.82) is 0 Å². The number of anilines is 1. The third-order valence-corrected chi connectivity index (χ3v) is 4.92. The summed E-state index contributed by atoms with van der Waals surface area (Å²) in [6.45, 7) is 6.16. The molecule has 0 spiro atoms. The Balaban J connectivity index is 2.14. The third kappa shape index (κ3) is 3.92. The fourth-order valence-electron chi connectivity index (χ4n) is 1.70. The fourth-order valence-corrected chi connectivity index (χ4v) is 3.26. The average molecular weight is 338 g/mol. The average Bonchev–Trinajstić information content (AvgIpc) is 2.86. The summed E-state index contributed by atoms with van der Waals surface area (Å²) in [4.78, 5) is 16.7. The molecule has 0 aliphatic carbocycles. The number of rotatable bonds is 3. The number of nitrogens with zero attached hydrogens (tertiary/aromatic N) is 1. The molecule has 0 aliphatic rings. The first-order valence-electron chi connectivity index (χ1n) is 6.65. The molecular formula is C15H18N2O3S2. The SMILES string of the molecule is CC(C)(C)c1csc(NC(=O)c2ccc(S(C)(=O)=O)cc2)n1. The Kier molecular flexibility index (Phi) is 4.39. The maximum absolute atomic E-state index is 12.1. The number of thiazole rings is 1. The lowest BCUT2D eigenvalue weighted by Gasteiger charge is -2.14. The zero-order valence-corrected chi connectivity index (χ0v) is 14.5. The highest BCUT2D eigenvalue weighted by Crippen LogP contribution is 2.26. The van der Waals surface area contributed by atoms with Gasteiger partial charge in [-0.2, -0.15) is 0 Å². The molecule has 0 saturated heterocycles. The van der Waals surface area contributed by atoms with Crippen molar-refractivity contribution in [2.24, 2.45) is 0 Å². The summed E-state index contributed by atoms with van der Waals surface area (Å²) in [5, 5.41) is 5.18. The predicted molar refractivity (Wildman–Crippen MR) is 88.3 cm³/mol. The number of benzene rings is 1. The number of hydrogen-bond donors (Lipinski definition) is 1. The Hall–Kier alpha value is -1.73. The van der Waals surface area contributed by atoms with Gasteiger partial charge in [-0.15, -0.1) is 11.3 Å². The van der Waals surface area contributed by atoms with Crippen LogP contribution >= 0.6 is 11.3 Å². The van der Waals surface area contributed by atoms with E-state index in [0.29, 0.717) is 10.7 Å². The summed E-state index contributed by atoms with van der Waals surface area (Å²) >= 11 is 1.37. The van der Waals surface area contributed by atoms with E-state index < -0.39 is 9.84 Å². The second-order valence-electron chi connectivity index (χ2n) is 6.04. The van der Waals surface area contributed by atoms with Crippen molar-refractivity contribution in [1.82, 2.24) is 4.98 Å². The molecule has 0 bridgehead atoms. The Morgan fingerprint density at radius 1 is 1.18 bits per heavy atom. The second kappa shape index (κ2) is 5.81. The first-order valence-corrected chi connectivity index (χ1v) is 9.42. The van der Waals surface area contributed by atoms with Gasteiger partial charge in [0, 0.05) is 22.6 Å². The predicted octanol–water partition coefficient (Wildman–Crippen LogP) is 3.10. The molecule has 1 amide bonds. The lowest BCUT2D eigenvalue weighted by atomic mass is 9.93. The van der Waals surface area contributed by atoms with Gasteiger partial charge in [0.2, 0.25) is 0 Å². The minimum atomic E-state index is -3.26. The van der Waals surface area contributed by atoms with Crippen LogP contribution in [0.4, 0.5) is 5.13 Å². The molecule has 5 nitrogen and oxygen atoms in total. The van der Waals surface area contributed by atoms with Crippen LogP contribution in [-0.2, 0) is 15.3 Å². The summed E-state index contributed by atoms with van der Waals surface area (Å²) in [7, 11) is -3.26. The van der Waals surface area contributed by atoms with Crippen molar-refractivity contribution in [3.8, 4) is 0 Å². The smallest absolute Gasteiger partial charge is 0.257 e. The first-order chi connectivity index (χ1) is 10.1. The minimum absolute atomic E-state index is 0.0728. The van der Waals surface area contributed by atoms with Gasteiger partial charge in [-0.05, 0) is 24.3 Å². The van der Waals surface area contributed by atoms with Gasteiger partial charge in [0.05, 0.1) is 10.6 Å². The molecule has 0 unspecified atom stereocenters. The number of nitrogens with one attached hydrogen (secondary N) is 1. The van der Waals surface area contributed by atoms with Crippen LogP contribution in [-0.4, -0.2) is 25.6 Å². The van der Waals surface area contributed by atoms with Gasteiger partial charge in [0.15, 0.2) is 15.0 Å². The van der Waals surface area contributed by atoms with E-state index in [4.69, 9.17) is 0 Å². The fraction of sp³-hybridized carbons (Fsp3) is 0.333. The van der Waals surface area contributed by atoms with Crippen molar-refractivity contribution in [2.75, 3.05) is 11.6 Å². The van der Waals surface area contributed by atoms with Gasteiger partial charge >= 0.3 is 0 Å². The Bertz CT molecular complexity index is 785. The highest BCUT2D eigenvalue weighted by atomic mass is 32.2. The summed E-state index contributed by atoms with van der Waals surface area (Å²) in [5.41, 5.74) is 1.23. The van der Waals surface area contributed by atoms with Crippen LogP contribution < -0.4 is 5.32 Å². The monoisotopic (exact) mass is 338 g/mol. The number of aromatic nitrogens is 1. The number of hydrogen-bond acceptors (Lipinski definition) is 5. The first kappa shape index (κ1) is 16.6. The Labute approximate surface area is 134 Å². The van der Waals surface area contributed by atoms with Crippen LogP contribution in [0.1, 0.15) is 36.8 Å². The van der Waals surface area contributed by atoms with E-state index in [9.17, 15) is 13.2 Å². The lowest BCUT2D eigenvalue weighted by molar-refractivity contribution is 0.102. The van der Waals surface area contributed by atoms with Gasteiger partial charge in [-0.25, -0.2) is 13.4 Å². The molecule has 2 aromatic rings. The van der Waals surface area contributed by atoms with Crippen LogP contribution in [0, 0.1) is 0 Å². The van der Waals surface area contributed by atoms with Crippen LogP contribution in [0.25, 0.3) is 0 Å². The van der Waals surface area contributed by atoms with Crippen LogP contribution in [0.15, 0.2) is 34.5 Å². The van der Waals surface area contributed by atoms with Crippen molar-refractivity contribution in [3.63, 3.8) is 0 Å². The van der Waals surface area contributed by atoms with Gasteiger partial charge in [0.25, 0.3) is 5.91 Å². The topological polar surface area (TPSA) is 76.1 Å². The van der Waals surface area contributed by atoms with E-state index in [1.165, 1.54) is 35.6 Å². The van der Waals surface area contributed by atoms with Crippen molar-refractivity contribution in [3.05, 3.63) is 40.9 Å². The highest BCUT2D eigenvalue weighted by Gasteiger charge is 2.18. The van der Waals surface area contributed by atoms with Crippen molar-refractivity contribution in [2.45, 2.75) is 31.1 Å². The maximum atomic E-state index is 12.1. The van der Waals surface area contributed by atoms with Gasteiger partial charge < -0.3 is 0 Å².